The van der Waals surface area contributed by atoms with Crippen LogP contribution in [0.1, 0.15) is 0 Å². The summed E-state index contributed by atoms with van der Waals surface area (Å²) in [6, 6.07) is 0. The maximum atomic E-state index is 11.4. The molecule has 0 heterocycles. The highest BCUT2D eigenvalue weighted by molar-refractivity contribution is 9.11. The predicted molar refractivity (Wildman–Crippen MR) is 24.2 cm³/mol. The van der Waals surface area contributed by atoms with E-state index in [9.17, 15) is 17.6 Å². The Bertz CT molecular complexity index is 104. The van der Waals surface area contributed by atoms with Crippen molar-refractivity contribution in [2.75, 3.05) is 0 Å². The van der Waals surface area contributed by atoms with E-state index < -0.39 is 17.0 Å². The Morgan fingerprint density at radius 1 is 1.25 bits per heavy atom. The molecule has 0 N–H and O–H groups in total. The van der Waals surface area contributed by atoms with Crippen LogP contribution in [0.25, 0.3) is 0 Å². The quantitative estimate of drug-likeness (QED) is 0.561. The average molecular weight is 193 g/mol. The third kappa shape index (κ3) is 2.30. The molecule has 0 nitrogen and oxygen atoms in total. The molecule has 0 unspecified atom stereocenters. The monoisotopic (exact) mass is 192 g/mol. The van der Waals surface area contributed by atoms with Gasteiger partial charge in [-0.2, -0.15) is 4.39 Å². The summed E-state index contributed by atoms with van der Waals surface area (Å²) < 4.78 is 42.9. The van der Waals surface area contributed by atoms with E-state index in [4.69, 9.17) is 0 Å². The van der Waals surface area contributed by atoms with Gasteiger partial charge in [0.05, 0.1) is 0 Å². The Hall–Kier alpha value is -0.0600. The minimum absolute atomic E-state index is 1.65. The van der Waals surface area contributed by atoms with Gasteiger partial charge in [0.25, 0.3) is 6.43 Å². The van der Waals surface area contributed by atoms with E-state index >= 15 is 0 Å². The van der Waals surface area contributed by atoms with Crippen LogP contribution in [0.3, 0.4) is 0 Å². The van der Waals surface area contributed by atoms with Crippen LogP contribution in [-0.4, -0.2) is 6.43 Å². The van der Waals surface area contributed by atoms with Crippen molar-refractivity contribution in [1.29, 1.82) is 0 Å². The minimum Gasteiger partial charge on any atom is -0.202 e. The average Bonchev–Trinajstić information content (AvgIpc) is 1.64. The fourth-order valence-corrected chi connectivity index (χ4v) is 0.256. The van der Waals surface area contributed by atoms with Gasteiger partial charge in [-0.05, 0) is 15.9 Å². The zero-order valence-electron chi connectivity index (χ0n) is 3.47. The van der Waals surface area contributed by atoms with Crippen LogP contribution in [-0.2, 0) is 0 Å². The Labute approximate surface area is 51.3 Å². The first kappa shape index (κ1) is 7.94. The van der Waals surface area contributed by atoms with Gasteiger partial charge in [-0.1, -0.05) is 0 Å². The van der Waals surface area contributed by atoms with Crippen molar-refractivity contribution in [3.05, 3.63) is 10.6 Å². The molecule has 0 saturated heterocycles. The fraction of sp³-hybridized carbons (Fsp3) is 0.333. The molecule has 0 aromatic rings. The SMILES string of the molecule is F/C(Br)=C(/F)C(F)F. The Balaban J connectivity index is 4.00. The first-order chi connectivity index (χ1) is 3.55. The summed E-state index contributed by atoms with van der Waals surface area (Å²) in [5.74, 6) is -2.06. The normalized spacial score (nSPS) is 14.2. The second kappa shape index (κ2) is 3.06. The van der Waals surface area contributed by atoms with Crippen molar-refractivity contribution in [2.45, 2.75) is 6.43 Å². The number of hydrogen-bond donors (Lipinski definition) is 0. The highest BCUT2D eigenvalue weighted by atomic mass is 79.9. The molecule has 5 heteroatoms. The van der Waals surface area contributed by atoms with Crippen LogP contribution in [0.5, 0.6) is 0 Å². The third-order valence-electron chi connectivity index (χ3n) is 0.372. The molecule has 0 aliphatic rings. The van der Waals surface area contributed by atoms with Crippen molar-refractivity contribution in [3.63, 3.8) is 0 Å². The Morgan fingerprint density at radius 2 is 1.62 bits per heavy atom. The third-order valence-corrected chi connectivity index (χ3v) is 0.751. The molecule has 0 spiro atoms. The van der Waals surface area contributed by atoms with E-state index in [2.05, 4.69) is 0 Å². The van der Waals surface area contributed by atoms with E-state index in [1.165, 1.54) is 0 Å². The lowest BCUT2D eigenvalue weighted by Crippen LogP contribution is -1.89. The van der Waals surface area contributed by atoms with Crippen LogP contribution in [0.2, 0.25) is 0 Å². The van der Waals surface area contributed by atoms with Crippen LogP contribution < -0.4 is 0 Å². The van der Waals surface area contributed by atoms with Gasteiger partial charge >= 0.3 is 0 Å². The summed E-state index contributed by atoms with van der Waals surface area (Å²) in [6.45, 7) is 0. The summed E-state index contributed by atoms with van der Waals surface area (Å²) >= 11 is 1.90. The molecule has 0 aliphatic carbocycles. The number of halogens is 5. The lowest BCUT2D eigenvalue weighted by Gasteiger charge is -1.89. The largest absolute Gasteiger partial charge is 0.292 e. The lowest BCUT2D eigenvalue weighted by atomic mass is 10.6. The van der Waals surface area contributed by atoms with Crippen molar-refractivity contribution in [1.82, 2.24) is 0 Å². The lowest BCUT2D eigenvalue weighted by molar-refractivity contribution is 0.155. The molecular formula is C3HBrF4. The molecule has 0 aliphatic heterocycles. The van der Waals surface area contributed by atoms with Crippen LogP contribution in [0.15, 0.2) is 10.6 Å². The number of hydrogen-bond acceptors (Lipinski definition) is 0. The smallest absolute Gasteiger partial charge is 0.202 e. The fourth-order valence-electron chi connectivity index (χ4n) is 0.0825. The summed E-state index contributed by atoms with van der Waals surface area (Å²) in [5, 5.41) is 0. The van der Waals surface area contributed by atoms with Crippen molar-refractivity contribution in [2.24, 2.45) is 0 Å². The first-order valence-electron chi connectivity index (χ1n) is 1.54. The molecule has 0 atom stereocenters. The minimum atomic E-state index is -3.37. The van der Waals surface area contributed by atoms with E-state index in [0.29, 0.717) is 0 Å². The van der Waals surface area contributed by atoms with E-state index in [0.717, 1.165) is 0 Å². The Morgan fingerprint density at radius 3 is 1.62 bits per heavy atom. The van der Waals surface area contributed by atoms with Crippen molar-refractivity contribution < 1.29 is 17.6 Å². The van der Waals surface area contributed by atoms with E-state index in [1.54, 1.807) is 0 Å². The molecule has 0 aromatic carbocycles. The number of rotatable bonds is 1. The van der Waals surface area contributed by atoms with Crippen LogP contribution in [0.4, 0.5) is 17.6 Å². The van der Waals surface area contributed by atoms with Crippen LogP contribution >= 0.6 is 15.9 Å². The molecule has 0 aromatic heterocycles. The van der Waals surface area contributed by atoms with Gasteiger partial charge in [-0.3, -0.25) is 0 Å². The van der Waals surface area contributed by atoms with Crippen molar-refractivity contribution in [3.8, 4) is 0 Å². The number of allylic oxidation sites excluding steroid dienone is 1. The first-order valence-corrected chi connectivity index (χ1v) is 2.34. The standard InChI is InChI=1S/C3HBrF4/c4-2(6)1(5)3(7)8/h3H/b2-1+. The second-order valence-corrected chi connectivity index (χ2v) is 1.61. The van der Waals surface area contributed by atoms with Gasteiger partial charge in [0.2, 0.25) is 10.6 Å². The van der Waals surface area contributed by atoms with Gasteiger partial charge in [0, 0.05) is 0 Å². The molecule has 0 rings (SSSR count). The second-order valence-electron chi connectivity index (χ2n) is 0.909. The Kier molecular flexibility index (Phi) is 3.04. The molecular weight excluding hydrogens is 192 g/mol. The zero-order chi connectivity index (χ0) is 6.73. The van der Waals surface area contributed by atoms with E-state index in [1.807, 2.05) is 15.9 Å². The molecule has 0 amide bonds. The summed E-state index contributed by atoms with van der Waals surface area (Å²) in [5.41, 5.74) is 0. The summed E-state index contributed by atoms with van der Waals surface area (Å²) in [6.07, 6.45) is -3.37. The molecule has 0 saturated carbocycles. The van der Waals surface area contributed by atoms with Gasteiger partial charge in [0.15, 0.2) is 0 Å². The zero-order valence-corrected chi connectivity index (χ0v) is 5.05. The van der Waals surface area contributed by atoms with E-state index in [-0.39, 0.29) is 0 Å². The number of alkyl halides is 2. The topological polar surface area (TPSA) is 0 Å². The highest BCUT2D eigenvalue weighted by Crippen LogP contribution is 2.20. The molecule has 0 fully saturated rings. The van der Waals surface area contributed by atoms with Gasteiger partial charge in [-0.25, -0.2) is 13.2 Å². The van der Waals surface area contributed by atoms with Crippen LogP contribution in [0, 0.1) is 0 Å². The highest BCUT2D eigenvalue weighted by Gasteiger charge is 2.14. The summed E-state index contributed by atoms with van der Waals surface area (Å²) in [4.78, 5) is 0. The molecule has 0 radical (unpaired) electrons. The van der Waals surface area contributed by atoms with Gasteiger partial charge in [0.1, 0.15) is 0 Å². The molecule has 48 valence electrons. The van der Waals surface area contributed by atoms with Gasteiger partial charge < -0.3 is 0 Å². The van der Waals surface area contributed by atoms with Crippen molar-refractivity contribution >= 4 is 15.9 Å². The summed E-state index contributed by atoms with van der Waals surface area (Å²) in [7, 11) is 0. The molecule has 0 bridgehead atoms. The predicted octanol–water partition coefficient (Wildman–Crippen LogP) is 2.75. The molecule has 8 heavy (non-hydrogen) atoms. The maximum absolute atomic E-state index is 11.4. The maximum Gasteiger partial charge on any atom is 0.292 e. The van der Waals surface area contributed by atoms with Gasteiger partial charge in [-0.15, -0.1) is 0 Å².